The molecular weight excluding hydrogens is 398 g/mol. The fourth-order valence-electron chi connectivity index (χ4n) is 2.41. The molecule has 32 heavy (non-hydrogen) atoms. The van der Waals surface area contributed by atoms with Gasteiger partial charge in [-0.25, -0.2) is 0 Å². The van der Waals surface area contributed by atoms with E-state index in [1.807, 2.05) is 77.1 Å². The van der Waals surface area contributed by atoms with Crippen LogP contribution >= 0.6 is 0 Å². The molecule has 0 fully saturated rings. The second kappa shape index (κ2) is 16.2. The lowest BCUT2D eigenvalue weighted by Crippen LogP contribution is -1.90. The van der Waals surface area contributed by atoms with E-state index in [4.69, 9.17) is 14.6 Å². The van der Waals surface area contributed by atoms with Crippen molar-refractivity contribution >= 4 is 5.71 Å². The van der Waals surface area contributed by atoms with Crippen molar-refractivity contribution in [2.45, 2.75) is 34.6 Å². The van der Waals surface area contributed by atoms with E-state index in [9.17, 15) is 0 Å². The van der Waals surface area contributed by atoms with Crippen LogP contribution in [0.3, 0.4) is 0 Å². The van der Waals surface area contributed by atoms with Crippen molar-refractivity contribution in [2.75, 3.05) is 14.2 Å². The van der Waals surface area contributed by atoms with Gasteiger partial charge in [-0.1, -0.05) is 55.1 Å². The number of nitrogens with zero attached hydrogens (tertiary/aromatic N) is 1. The van der Waals surface area contributed by atoms with E-state index in [0.717, 1.165) is 28.5 Å². The predicted octanol–water partition coefficient (Wildman–Crippen LogP) is 7.38. The topological polar surface area (TPSA) is 51.0 Å². The van der Waals surface area contributed by atoms with Crippen LogP contribution in [0.15, 0.2) is 96.2 Å². The third-order valence-electron chi connectivity index (χ3n) is 4.02. The fourth-order valence-corrected chi connectivity index (χ4v) is 2.41. The van der Waals surface area contributed by atoms with Gasteiger partial charge in [-0.2, -0.15) is 0 Å². The molecule has 2 aromatic rings. The van der Waals surface area contributed by atoms with Crippen molar-refractivity contribution in [1.29, 1.82) is 0 Å². The van der Waals surface area contributed by atoms with Crippen LogP contribution in [0.4, 0.5) is 0 Å². The molecule has 0 spiro atoms. The molecule has 0 heterocycles. The molecule has 1 N–H and O–H groups in total. The van der Waals surface area contributed by atoms with Gasteiger partial charge in [0.2, 0.25) is 0 Å². The summed E-state index contributed by atoms with van der Waals surface area (Å²) in [6.07, 6.45) is 7.38. The summed E-state index contributed by atoms with van der Waals surface area (Å²) in [5.41, 5.74) is 5.30. The van der Waals surface area contributed by atoms with Crippen molar-refractivity contribution in [3.8, 4) is 17.2 Å². The summed E-state index contributed by atoms with van der Waals surface area (Å²) in [5.74, 6) is 1.89. The molecule has 0 aromatic heterocycles. The Morgan fingerprint density at radius 3 is 1.88 bits per heavy atom. The van der Waals surface area contributed by atoms with Crippen LogP contribution in [0.1, 0.15) is 31.9 Å². The minimum absolute atomic E-state index is 0.329. The Hall–Kier alpha value is -3.53. The van der Waals surface area contributed by atoms with Crippen LogP contribution in [0.2, 0.25) is 0 Å². The van der Waals surface area contributed by atoms with Crippen molar-refractivity contribution < 1.29 is 14.6 Å². The normalized spacial score (nSPS) is 10.5. The number of hydrogen-bond acceptors (Lipinski definition) is 4. The molecule has 0 bridgehead atoms. The van der Waals surface area contributed by atoms with Gasteiger partial charge in [-0.15, -0.1) is 0 Å². The molecule has 0 aliphatic heterocycles. The number of methoxy groups -OCH3 is 2. The van der Waals surface area contributed by atoms with E-state index in [-0.39, 0.29) is 0 Å². The van der Waals surface area contributed by atoms with Gasteiger partial charge in [-0.05, 0) is 76.1 Å². The van der Waals surface area contributed by atoms with Gasteiger partial charge >= 0.3 is 0 Å². The van der Waals surface area contributed by atoms with Crippen LogP contribution < -0.4 is 9.47 Å². The van der Waals surface area contributed by atoms with Crippen LogP contribution in [0.25, 0.3) is 0 Å². The van der Waals surface area contributed by atoms with Crippen molar-refractivity contribution in [3.05, 3.63) is 102 Å². The third kappa shape index (κ3) is 11.6. The van der Waals surface area contributed by atoms with Gasteiger partial charge in [0, 0.05) is 5.71 Å². The maximum atomic E-state index is 8.76. The highest BCUT2D eigenvalue weighted by Crippen LogP contribution is 2.26. The maximum absolute atomic E-state index is 8.76. The number of benzene rings is 2. The van der Waals surface area contributed by atoms with Gasteiger partial charge in [0.25, 0.3) is 0 Å². The SMILES string of the molecule is C=C/C=C(N=C(C)C)\C(C=C)=C/C.COc1ccc(C)cc1OC.Cc1ccc(O)cc1. The van der Waals surface area contributed by atoms with Crippen LogP contribution in [-0.2, 0) is 0 Å². The summed E-state index contributed by atoms with van der Waals surface area (Å²) >= 11 is 0. The first-order valence-corrected chi connectivity index (χ1v) is 10.3. The Kier molecular flexibility index (Phi) is 14.4. The molecule has 2 aromatic carbocycles. The van der Waals surface area contributed by atoms with E-state index in [2.05, 4.69) is 18.2 Å². The highest BCUT2D eigenvalue weighted by molar-refractivity contribution is 5.80. The summed E-state index contributed by atoms with van der Waals surface area (Å²) in [5, 5.41) is 8.76. The van der Waals surface area contributed by atoms with Crippen LogP contribution in [-0.4, -0.2) is 25.0 Å². The Morgan fingerprint density at radius 2 is 1.47 bits per heavy atom. The van der Waals surface area contributed by atoms with E-state index >= 15 is 0 Å². The zero-order valence-corrected chi connectivity index (χ0v) is 20.5. The minimum atomic E-state index is 0.329. The number of aliphatic imine (C=N–C) groups is 1. The zero-order valence-electron chi connectivity index (χ0n) is 20.5. The molecule has 0 unspecified atom stereocenters. The van der Waals surface area contributed by atoms with Crippen molar-refractivity contribution in [3.63, 3.8) is 0 Å². The molecule has 0 aliphatic rings. The molecule has 0 radical (unpaired) electrons. The lowest BCUT2D eigenvalue weighted by atomic mass is 10.1. The second-order valence-corrected chi connectivity index (χ2v) is 6.99. The number of ether oxygens (including phenoxy) is 2. The third-order valence-corrected chi connectivity index (χ3v) is 4.02. The van der Waals surface area contributed by atoms with E-state index in [0.29, 0.717) is 5.75 Å². The smallest absolute Gasteiger partial charge is 0.160 e. The van der Waals surface area contributed by atoms with Gasteiger partial charge < -0.3 is 14.6 Å². The number of hydrogen-bond donors (Lipinski definition) is 1. The van der Waals surface area contributed by atoms with Crippen molar-refractivity contribution in [1.82, 2.24) is 0 Å². The average molecular weight is 436 g/mol. The maximum Gasteiger partial charge on any atom is 0.160 e. The highest BCUT2D eigenvalue weighted by Gasteiger charge is 2.00. The Morgan fingerprint density at radius 1 is 0.906 bits per heavy atom. The lowest BCUT2D eigenvalue weighted by molar-refractivity contribution is 0.354. The summed E-state index contributed by atoms with van der Waals surface area (Å²) in [4.78, 5) is 4.38. The van der Waals surface area contributed by atoms with Crippen LogP contribution in [0.5, 0.6) is 17.2 Å². The largest absolute Gasteiger partial charge is 0.508 e. The molecule has 4 nitrogen and oxygen atoms in total. The molecule has 4 heteroatoms. The second-order valence-electron chi connectivity index (χ2n) is 6.99. The van der Waals surface area contributed by atoms with Gasteiger partial charge in [-0.3, -0.25) is 4.99 Å². The highest BCUT2D eigenvalue weighted by atomic mass is 16.5. The number of phenols is 1. The molecular formula is C28H37NO3. The Labute approximate surface area is 193 Å². The van der Waals surface area contributed by atoms with Gasteiger partial charge in [0.1, 0.15) is 5.75 Å². The monoisotopic (exact) mass is 435 g/mol. The number of allylic oxidation sites excluding steroid dienone is 4. The first-order chi connectivity index (χ1) is 15.2. The van der Waals surface area contributed by atoms with E-state index in [1.165, 1.54) is 11.1 Å². The fraction of sp³-hybridized carbons (Fsp3) is 0.250. The number of phenolic OH excluding ortho intramolecular Hbond substituents is 1. The number of aromatic hydroxyl groups is 1. The van der Waals surface area contributed by atoms with E-state index in [1.54, 1.807) is 38.5 Å². The standard InChI is InChI=1S/C12H17N.C9H12O2.C7H8O/c1-6-9-12(13-10(4)5)11(7-2)8-3;1-7-4-5-8(10-2)9(6-7)11-3;1-6-2-4-7(8)5-3-6/h6-9H,1-2H2,3-5H3;4-6H,1-3H3;2-5,8H,1H3/b11-8-,12-9+;;. The first kappa shape index (κ1) is 28.5. The molecule has 0 amide bonds. The van der Waals surface area contributed by atoms with Crippen molar-refractivity contribution in [2.24, 2.45) is 4.99 Å². The average Bonchev–Trinajstić information content (AvgIpc) is 2.77. The Balaban J connectivity index is 0.000000462. The molecule has 0 atom stereocenters. The molecule has 0 saturated heterocycles. The summed E-state index contributed by atoms with van der Waals surface area (Å²) in [7, 11) is 3.27. The lowest BCUT2D eigenvalue weighted by Gasteiger charge is -2.06. The minimum Gasteiger partial charge on any atom is -0.508 e. The molecule has 0 saturated carbocycles. The predicted molar refractivity (Wildman–Crippen MR) is 138 cm³/mol. The van der Waals surface area contributed by atoms with Crippen LogP contribution in [0, 0.1) is 13.8 Å². The van der Waals surface area contributed by atoms with E-state index < -0.39 is 0 Å². The molecule has 172 valence electrons. The Bertz CT molecular complexity index is 911. The summed E-state index contributed by atoms with van der Waals surface area (Å²) in [6, 6.07) is 12.9. The number of aryl methyl sites for hydroxylation is 2. The summed E-state index contributed by atoms with van der Waals surface area (Å²) < 4.78 is 10.2. The quantitative estimate of drug-likeness (QED) is 0.380. The van der Waals surface area contributed by atoms with Gasteiger partial charge in [0.15, 0.2) is 11.5 Å². The summed E-state index contributed by atoms with van der Waals surface area (Å²) in [6.45, 7) is 17.3. The van der Waals surface area contributed by atoms with Gasteiger partial charge in [0.05, 0.1) is 19.9 Å². The number of rotatable bonds is 6. The zero-order chi connectivity index (χ0) is 24.5. The molecule has 2 rings (SSSR count). The first-order valence-electron chi connectivity index (χ1n) is 10.3. The molecule has 0 aliphatic carbocycles.